The van der Waals surface area contributed by atoms with Crippen LogP contribution in [0.5, 0.6) is 5.75 Å². The van der Waals surface area contributed by atoms with Crippen LogP contribution < -0.4 is 4.74 Å². The van der Waals surface area contributed by atoms with Crippen molar-refractivity contribution in [3.05, 3.63) is 48.5 Å². The summed E-state index contributed by atoms with van der Waals surface area (Å²) in [4.78, 5) is 7.29. The predicted molar refractivity (Wildman–Crippen MR) is 68.0 cm³/mol. The number of rotatable bonds is 2. The van der Waals surface area contributed by atoms with E-state index in [1.165, 1.54) is 13.2 Å². The van der Waals surface area contributed by atoms with Gasteiger partial charge in [0.1, 0.15) is 0 Å². The van der Waals surface area contributed by atoms with Crippen molar-refractivity contribution in [1.82, 2.24) is 9.97 Å². The molecular formula is C14H11FN2O. The van der Waals surface area contributed by atoms with Gasteiger partial charge in [-0.1, -0.05) is 0 Å². The molecule has 1 aromatic carbocycles. The standard InChI is InChI=1S/C14H11FN2O/c1-18-14-7-13-10(5-11(14)15)6-12(17-13)9-3-2-4-16-8-9/h2-8,17H,1H3. The molecule has 0 aliphatic rings. The van der Waals surface area contributed by atoms with Crippen LogP contribution in [-0.2, 0) is 0 Å². The number of hydrogen-bond donors (Lipinski definition) is 1. The van der Waals surface area contributed by atoms with Gasteiger partial charge in [0.25, 0.3) is 0 Å². The summed E-state index contributed by atoms with van der Waals surface area (Å²) in [6, 6.07) is 8.83. The third-order valence-corrected chi connectivity index (χ3v) is 2.87. The molecule has 3 aromatic rings. The lowest BCUT2D eigenvalue weighted by molar-refractivity contribution is 0.387. The number of H-pyrrole nitrogens is 1. The Morgan fingerprint density at radius 3 is 2.89 bits per heavy atom. The van der Waals surface area contributed by atoms with Gasteiger partial charge in [0.15, 0.2) is 11.6 Å². The molecule has 4 heteroatoms. The van der Waals surface area contributed by atoms with Gasteiger partial charge in [-0.3, -0.25) is 4.98 Å². The molecule has 90 valence electrons. The van der Waals surface area contributed by atoms with E-state index in [0.29, 0.717) is 0 Å². The van der Waals surface area contributed by atoms with Crippen molar-refractivity contribution >= 4 is 10.9 Å². The Morgan fingerprint density at radius 1 is 1.28 bits per heavy atom. The predicted octanol–water partition coefficient (Wildman–Crippen LogP) is 3.38. The maximum absolute atomic E-state index is 13.6. The zero-order chi connectivity index (χ0) is 12.5. The second kappa shape index (κ2) is 4.14. The maximum Gasteiger partial charge on any atom is 0.165 e. The highest BCUT2D eigenvalue weighted by Crippen LogP contribution is 2.28. The van der Waals surface area contributed by atoms with Crippen LogP contribution in [0, 0.1) is 5.82 Å². The van der Waals surface area contributed by atoms with E-state index in [1.807, 2.05) is 18.2 Å². The van der Waals surface area contributed by atoms with Gasteiger partial charge in [-0.05, 0) is 24.3 Å². The van der Waals surface area contributed by atoms with Gasteiger partial charge in [0, 0.05) is 40.6 Å². The average Bonchev–Trinajstić information content (AvgIpc) is 2.81. The largest absolute Gasteiger partial charge is 0.494 e. The van der Waals surface area contributed by atoms with Crippen molar-refractivity contribution in [3.8, 4) is 17.0 Å². The van der Waals surface area contributed by atoms with Gasteiger partial charge in [-0.2, -0.15) is 0 Å². The fourth-order valence-corrected chi connectivity index (χ4v) is 1.97. The lowest BCUT2D eigenvalue weighted by atomic mass is 10.2. The molecule has 0 radical (unpaired) electrons. The molecule has 0 atom stereocenters. The number of aromatic amines is 1. The van der Waals surface area contributed by atoms with Crippen molar-refractivity contribution in [2.75, 3.05) is 7.11 Å². The summed E-state index contributed by atoms with van der Waals surface area (Å²) in [7, 11) is 1.45. The first-order valence-electron chi connectivity index (χ1n) is 5.54. The van der Waals surface area contributed by atoms with Gasteiger partial charge < -0.3 is 9.72 Å². The van der Waals surface area contributed by atoms with Crippen LogP contribution in [-0.4, -0.2) is 17.1 Å². The van der Waals surface area contributed by atoms with Crippen molar-refractivity contribution in [2.24, 2.45) is 0 Å². The summed E-state index contributed by atoms with van der Waals surface area (Å²) in [6.07, 6.45) is 3.48. The molecule has 3 nitrogen and oxygen atoms in total. The second-order valence-electron chi connectivity index (χ2n) is 4.00. The van der Waals surface area contributed by atoms with Gasteiger partial charge in [0.05, 0.1) is 7.11 Å². The highest BCUT2D eigenvalue weighted by molar-refractivity contribution is 5.86. The van der Waals surface area contributed by atoms with E-state index in [4.69, 9.17) is 4.74 Å². The number of benzene rings is 1. The fourth-order valence-electron chi connectivity index (χ4n) is 1.97. The Labute approximate surface area is 103 Å². The second-order valence-corrected chi connectivity index (χ2v) is 4.00. The smallest absolute Gasteiger partial charge is 0.165 e. The summed E-state index contributed by atoms with van der Waals surface area (Å²) >= 11 is 0. The molecule has 0 amide bonds. The highest BCUT2D eigenvalue weighted by atomic mass is 19.1. The van der Waals surface area contributed by atoms with E-state index in [9.17, 15) is 4.39 Å². The SMILES string of the molecule is COc1cc2[nH]c(-c3cccnc3)cc2cc1F. The normalized spacial score (nSPS) is 10.8. The summed E-state index contributed by atoms with van der Waals surface area (Å²) < 4.78 is 18.5. The van der Waals surface area contributed by atoms with E-state index in [1.54, 1.807) is 18.5 Å². The molecule has 0 aliphatic carbocycles. The molecule has 0 unspecified atom stereocenters. The van der Waals surface area contributed by atoms with Crippen LogP contribution in [0.1, 0.15) is 0 Å². The number of ether oxygens (including phenoxy) is 1. The minimum absolute atomic E-state index is 0.238. The quantitative estimate of drug-likeness (QED) is 0.748. The Hall–Kier alpha value is -2.36. The van der Waals surface area contributed by atoms with Gasteiger partial charge in [-0.25, -0.2) is 4.39 Å². The van der Waals surface area contributed by atoms with Crippen molar-refractivity contribution < 1.29 is 9.13 Å². The summed E-state index contributed by atoms with van der Waals surface area (Å²) in [5.41, 5.74) is 2.71. The minimum atomic E-state index is -0.360. The van der Waals surface area contributed by atoms with Crippen LogP contribution in [0.2, 0.25) is 0 Å². The molecule has 2 aromatic heterocycles. The first kappa shape index (κ1) is 10.8. The molecule has 0 saturated heterocycles. The molecular weight excluding hydrogens is 231 g/mol. The van der Waals surface area contributed by atoms with Crippen LogP contribution in [0.3, 0.4) is 0 Å². The topological polar surface area (TPSA) is 37.9 Å². The van der Waals surface area contributed by atoms with Gasteiger partial charge in [0.2, 0.25) is 0 Å². The molecule has 0 aliphatic heterocycles. The number of halogens is 1. The third kappa shape index (κ3) is 1.72. The third-order valence-electron chi connectivity index (χ3n) is 2.87. The van der Waals surface area contributed by atoms with Crippen molar-refractivity contribution in [2.45, 2.75) is 0 Å². The summed E-state index contributed by atoms with van der Waals surface area (Å²) in [5, 5.41) is 0.812. The number of aromatic nitrogens is 2. The van der Waals surface area contributed by atoms with Crippen molar-refractivity contribution in [1.29, 1.82) is 0 Å². The number of nitrogens with zero attached hydrogens (tertiary/aromatic N) is 1. The van der Waals surface area contributed by atoms with Crippen LogP contribution in [0.15, 0.2) is 42.7 Å². The Bertz CT molecular complexity index is 692. The Morgan fingerprint density at radius 2 is 2.17 bits per heavy atom. The van der Waals surface area contributed by atoms with Crippen molar-refractivity contribution in [3.63, 3.8) is 0 Å². The number of methoxy groups -OCH3 is 1. The maximum atomic E-state index is 13.6. The van der Waals surface area contributed by atoms with E-state index in [0.717, 1.165) is 22.2 Å². The van der Waals surface area contributed by atoms with E-state index >= 15 is 0 Å². The number of pyridine rings is 1. The first-order valence-corrected chi connectivity index (χ1v) is 5.54. The van der Waals surface area contributed by atoms with E-state index in [2.05, 4.69) is 9.97 Å². The molecule has 3 rings (SSSR count). The van der Waals surface area contributed by atoms with Crippen LogP contribution in [0.4, 0.5) is 4.39 Å². The lowest BCUT2D eigenvalue weighted by Crippen LogP contribution is -1.87. The monoisotopic (exact) mass is 242 g/mol. The summed E-state index contributed by atoms with van der Waals surface area (Å²) in [6.45, 7) is 0. The number of fused-ring (bicyclic) bond motifs is 1. The fraction of sp³-hybridized carbons (Fsp3) is 0.0714. The molecule has 2 heterocycles. The molecule has 0 fully saturated rings. The van der Waals surface area contributed by atoms with E-state index in [-0.39, 0.29) is 11.6 Å². The van der Waals surface area contributed by atoms with Crippen LogP contribution in [0.25, 0.3) is 22.2 Å². The molecule has 1 N–H and O–H groups in total. The summed E-state index contributed by atoms with van der Waals surface area (Å²) in [5.74, 6) is -0.121. The average molecular weight is 242 g/mol. The van der Waals surface area contributed by atoms with Gasteiger partial charge >= 0.3 is 0 Å². The zero-order valence-electron chi connectivity index (χ0n) is 9.77. The zero-order valence-corrected chi connectivity index (χ0v) is 9.77. The lowest BCUT2D eigenvalue weighted by Gasteiger charge is -2.00. The molecule has 0 spiro atoms. The van der Waals surface area contributed by atoms with E-state index < -0.39 is 0 Å². The minimum Gasteiger partial charge on any atom is -0.494 e. The number of nitrogens with one attached hydrogen (secondary N) is 1. The van der Waals surface area contributed by atoms with Crippen LogP contribution >= 0.6 is 0 Å². The molecule has 18 heavy (non-hydrogen) atoms. The van der Waals surface area contributed by atoms with Gasteiger partial charge in [-0.15, -0.1) is 0 Å². The highest BCUT2D eigenvalue weighted by Gasteiger charge is 2.08. The molecule has 0 saturated carbocycles. The first-order chi connectivity index (χ1) is 8.78. The molecule has 0 bridgehead atoms. The number of hydrogen-bond acceptors (Lipinski definition) is 2. The Kier molecular flexibility index (Phi) is 2.48. The Balaban J connectivity index is 2.17.